The first kappa shape index (κ1) is 33.9. The molecule has 0 saturated heterocycles. The van der Waals surface area contributed by atoms with Crippen molar-refractivity contribution in [3.63, 3.8) is 0 Å². The lowest BCUT2D eigenvalue weighted by Crippen LogP contribution is -2.16. The van der Waals surface area contributed by atoms with Crippen molar-refractivity contribution in [3.8, 4) is 44.5 Å². The van der Waals surface area contributed by atoms with Crippen LogP contribution >= 0.6 is 11.3 Å². The monoisotopic (exact) mass is 778 g/mol. The fourth-order valence-electron chi connectivity index (χ4n) is 11.1. The van der Waals surface area contributed by atoms with Crippen LogP contribution in [0.25, 0.3) is 119 Å². The summed E-state index contributed by atoms with van der Waals surface area (Å²) in [4.78, 5) is 0. The minimum absolute atomic E-state index is 0.186. The second kappa shape index (κ2) is 12.5. The summed E-state index contributed by atoms with van der Waals surface area (Å²) in [6.07, 6.45) is 0. The van der Waals surface area contributed by atoms with E-state index in [2.05, 4.69) is 208 Å². The Morgan fingerprint density at radius 2 is 0.800 bits per heavy atom. The minimum Gasteiger partial charge on any atom is -0.135 e. The van der Waals surface area contributed by atoms with Gasteiger partial charge in [0, 0.05) is 31.0 Å². The third-order valence-corrected chi connectivity index (χ3v) is 14.9. The van der Waals surface area contributed by atoms with Crippen LogP contribution in [0, 0.1) is 0 Å². The van der Waals surface area contributed by atoms with E-state index in [1.165, 1.54) is 130 Å². The second-order valence-electron chi connectivity index (χ2n) is 17.1. The maximum Gasteiger partial charge on any atom is 0.0434 e. The highest BCUT2D eigenvalue weighted by molar-refractivity contribution is 7.26. The van der Waals surface area contributed by atoms with Gasteiger partial charge in [-0.05, 0) is 116 Å². The molecule has 0 fully saturated rings. The largest absolute Gasteiger partial charge is 0.135 e. The predicted octanol–water partition coefficient (Wildman–Crippen LogP) is 17.1. The van der Waals surface area contributed by atoms with Crippen molar-refractivity contribution in [1.29, 1.82) is 0 Å². The third-order valence-electron chi connectivity index (χ3n) is 13.6. The fourth-order valence-corrected chi connectivity index (χ4v) is 12.3. The summed E-state index contributed by atoms with van der Waals surface area (Å²) in [5.41, 5.74) is 13.1. The van der Waals surface area contributed by atoms with Gasteiger partial charge in [-0.1, -0.05) is 196 Å². The standard InChI is InChI=1S/C59H38S/c1-59(2)52-28-13-11-26-49(52)56-47-32-33-48-40-21-12-14-29-53(40)60-58(48)51(47)34-50(57(56)59)39-30-31-46(38-20-6-5-19-37(38)39)55-44-24-9-7-22-42(44)54(43-23-8-10-25-45(43)55)41-27-15-17-35-16-3-4-18-36(35)41/h3-34H,1-2H3. The molecule has 12 aromatic rings. The van der Waals surface area contributed by atoms with Gasteiger partial charge in [-0.25, -0.2) is 0 Å². The third kappa shape index (κ3) is 4.56. The summed E-state index contributed by atoms with van der Waals surface area (Å²) >= 11 is 1.93. The molecule has 1 heteroatoms. The van der Waals surface area contributed by atoms with Crippen LogP contribution in [-0.2, 0) is 5.41 Å². The van der Waals surface area contributed by atoms with Gasteiger partial charge in [-0.3, -0.25) is 0 Å². The zero-order valence-corrected chi connectivity index (χ0v) is 34.2. The van der Waals surface area contributed by atoms with Crippen LogP contribution in [0.15, 0.2) is 194 Å². The van der Waals surface area contributed by atoms with E-state index < -0.39 is 0 Å². The Bertz CT molecular complexity index is 3740. The van der Waals surface area contributed by atoms with Crippen molar-refractivity contribution in [2.75, 3.05) is 0 Å². The maximum absolute atomic E-state index is 2.55. The molecule has 0 aliphatic heterocycles. The van der Waals surface area contributed by atoms with Crippen molar-refractivity contribution in [2.24, 2.45) is 0 Å². The van der Waals surface area contributed by atoms with E-state index in [0.717, 1.165) is 0 Å². The van der Waals surface area contributed by atoms with Crippen LogP contribution < -0.4 is 0 Å². The summed E-state index contributed by atoms with van der Waals surface area (Å²) in [5.74, 6) is 0. The average Bonchev–Trinajstić information content (AvgIpc) is 3.80. The second-order valence-corrected chi connectivity index (χ2v) is 18.1. The van der Waals surface area contributed by atoms with Gasteiger partial charge in [0.15, 0.2) is 0 Å². The number of hydrogen-bond donors (Lipinski definition) is 0. The van der Waals surface area contributed by atoms with Crippen LogP contribution in [0.1, 0.15) is 25.0 Å². The maximum atomic E-state index is 2.55. The van der Waals surface area contributed by atoms with Crippen molar-refractivity contribution >= 4 is 85.4 Å². The van der Waals surface area contributed by atoms with E-state index in [-0.39, 0.29) is 5.41 Å². The Morgan fingerprint density at radius 3 is 1.52 bits per heavy atom. The topological polar surface area (TPSA) is 0 Å². The van der Waals surface area contributed by atoms with Gasteiger partial charge >= 0.3 is 0 Å². The molecule has 0 N–H and O–H groups in total. The van der Waals surface area contributed by atoms with Crippen LogP contribution in [0.4, 0.5) is 0 Å². The smallest absolute Gasteiger partial charge is 0.0434 e. The molecule has 1 aromatic heterocycles. The molecule has 11 aromatic carbocycles. The highest BCUT2D eigenvalue weighted by atomic mass is 32.1. The Balaban J connectivity index is 1.13. The molecule has 0 atom stereocenters. The van der Waals surface area contributed by atoms with E-state index in [1.54, 1.807) is 0 Å². The molecule has 1 heterocycles. The molecular formula is C59H38S. The van der Waals surface area contributed by atoms with E-state index in [1.807, 2.05) is 11.3 Å². The molecule has 280 valence electrons. The number of rotatable bonds is 3. The van der Waals surface area contributed by atoms with Crippen LogP contribution in [0.5, 0.6) is 0 Å². The van der Waals surface area contributed by atoms with Gasteiger partial charge in [0.05, 0.1) is 0 Å². The highest BCUT2D eigenvalue weighted by Gasteiger charge is 2.39. The van der Waals surface area contributed by atoms with Crippen molar-refractivity contribution in [2.45, 2.75) is 19.3 Å². The molecule has 0 nitrogen and oxygen atoms in total. The van der Waals surface area contributed by atoms with Crippen molar-refractivity contribution < 1.29 is 0 Å². The van der Waals surface area contributed by atoms with Crippen molar-refractivity contribution in [1.82, 2.24) is 0 Å². The molecule has 0 radical (unpaired) electrons. The summed E-state index contributed by atoms with van der Waals surface area (Å²) in [7, 11) is 0. The normalized spacial score (nSPS) is 13.3. The molecule has 60 heavy (non-hydrogen) atoms. The van der Waals surface area contributed by atoms with Gasteiger partial charge in [-0.2, -0.15) is 0 Å². The summed E-state index contributed by atoms with van der Waals surface area (Å²) in [6.45, 7) is 4.86. The van der Waals surface area contributed by atoms with E-state index in [0.29, 0.717) is 0 Å². The quantitative estimate of drug-likeness (QED) is 0.157. The minimum atomic E-state index is -0.186. The van der Waals surface area contributed by atoms with Crippen LogP contribution in [0.2, 0.25) is 0 Å². The van der Waals surface area contributed by atoms with Gasteiger partial charge < -0.3 is 0 Å². The van der Waals surface area contributed by atoms with Gasteiger partial charge in [0.25, 0.3) is 0 Å². The molecule has 1 aliphatic carbocycles. The summed E-state index contributed by atoms with van der Waals surface area (Å²) in [6, 6.07) is 73.0. The molecule has 1 aliphatic rings. The molecular weight excluding hydrogens is 741 g/mol. The van der Waals surface area contributed by atoms with E-state index in [9.17, 15) is 0 Å². The average molecular weight is 779 g/mol. The zero-order chi connectivity index (χ0) is 39.7. The van der Waals surface area contributed by atoms with Crippen LogP contribution in [-0.4, -0.2) is 0 Å². The van der Waals surface area contributed by atoms with Gasteiger partial charge in [-0.15, -0.1) is 11.3 Å². The molecule has 13 rings (SSSR count). The fraction of sp³-hybridized carbons (Fsp3) is 0.0508. The van der Waals surface area contributed by atoms with E-state index >= 15 is 0 Å². The number of fused-ring (bicyclic) bond motifs is 13. The predicted molar refractivity (Wildman–Crippen MR) is 261 cm³/mol. The lowest BCUT2D eigenvalue weighted by atomic mass is 9.77. The van der Waals surface area contributed by atoms with Crippen LogP contribution in [0.3, 0.4) is 0 Å². The number of hydrogen-bond acceptors (Lipinski definition) is 1. The Kier molecular flexibility index (Phi) is 7.04. The molecule has 0 saturated carbocycles. The molecule has 0 amide bonds. The Morgan fingerprint density at radius 1 is 0.317 bits per heavy atom. The summed E-state index contributed by atoms with van der Waals surface area (Å²) < 4.78 is 2.70. The number of thiophene rings is 1. The first-order valence-electron chi connectivity index (χ1n) is 21.0. The first-order valence-corrected chi connectivity index (χ1v) is 21.8. The molecule has 0 unspecified atom stereocenters. The van der Waals surface area contributed by atoms with Gasteiger partial charge in [0.2, 0.25) is 0 Å². The Labute approximate surface area is 352 Å². The zero-order valence-electron chi connectivity index (χ0n) is 33.4. The first-order chi connectivity index (χ1) is 29.6. The lowest BCUT2D eigenvalue weighted by Gasteiger charge is -2.26. The summed E-state index contributed by atoms with van der Waals surface area (Å²) in [5, 5.41) is 15.5. The Hall–Kier alpha value is -7.06. The molecule has 0 spiro atoms. The highest BCUT2D eigenvalue weighted by Crippen LogP contribution is 2.57. The van der Waals surface area contributed by atoms with Crippen molar-refractivity contribution in [3.05, 3.63) is 205 Å². The molecule has 0 bridgehead atoms. The van der Waals surface area contributed by atoms with E-state index in [4.69, 9.17) is 0 Å². The van der Waals surface area contributed by atoms with Gasteiger partial charge in [0.1, 0.15) is 0 Å². The lowest BCUT2D eigenvalue weighted by molar-refractivity contribution is 0.662. The SMILES string of the molecule is CC1(C)c2ccccc2-c2c1c(-c1ccc(-c3c4ccccc4c(-c4cccc5ccccc45)c4ccccc34)c3ccccc13)cc1c2ccc2c3ccccc3sc12. The number of benzene rings is 11.